The summed E-state index contributed by atoms with van der Waals surface area (Å²) in [4.78, 5) is 0. The molecule has 0 radical (unpaired) electrons. The van der Waals surface area contributed by atoms with Gasteiger partial charge >= 0.3 is 0 Å². The minimum absolute atomic E-state index is 0.0283. The Bertz CT molecular complexity index is 449. The van der Waals surface area contributed by atoms with Gasteiger partial charge in [0.1, 0.15) is 16.5 Å². The van der Waals surface area contributed by atoms with Crippen LogP contribution in [0.4, 0.5) is 0 Å². The molecule has 2 rings (SSSR count). The lowest BCUT2D eigenvalue weighted by molar-refractivity contribution is 0.0420. The summed E-state index contributed by atoms with van der Waals surface area (Å²) in [7, 11) is 3.08. The number of ether oxygens (including phenoxy) is 3. The van der Waals surface area contributed by atoms with Crippen LogP contribution >= 0.6 is 11.6 Å². The van der Waals surface area contributed by atoms with Gasteiger partial charge in [-0.05, 0) is 25.5 Å². The molecule has 1 fully saturated rings. The molecule has 1 aliphatic rings. The number of rotatable bonds is 4. The van der Waals surface area contributed by atoms with E-state index in [-0.39, 0.29) is 12.0 Å². The molecule has 1 aliphatic heterocycles. The van der Waals surface area contributed by atoms with Gasteiger partial charge in [-0.3, -0.25) is 0 Å². The molecule has 0 amide bonds. The van der Waals surface area contributed by atoms with Crippen molar-refractivity contribution in [2.75, 3.05) is 20.8 Å². The third kappa shape index (κ3) is 2.66. The Balaban J connectivity index is 2.36. The molecule has 106 valence electrons. The molecular formula is C14H19ClO4. The van der Waals surface area contributed by atoms with Gasteiger partial charge in [0.05, 0.1) is 26.4 Å². The smallest absolute Gasteiger partial charge is 0.147 e. The second kappa shape index (κ2) is 5.99. The van der Waals surface area contributed by atoms with Gasteiger partial charge in [-0.1, -0.05) is 11.6 Å². The highest BCUT2D eigenvalue weighted by atomic mass is 35.5. The molecule has 0 aliphatic carbocycles. The SMILES string of the molecule is COc1ccc(C(O)C2CCOC2C)c(OC)c1Cl. The summed E-state index contributed by atoms with van der Waals surface area (Å²) < 4.78 is 16.0. The summed E-state index contributed by atoms with van der Waals surface area (Å²) in [5.74, 6) is 1.05. The van der Waals surface area contributed by atoms with Crippen molar-refractivity contribution in [3.05, 3.63) is 22.7 Å². The van der Waals surface area contributed by atoms with Crippen molar-refractivity contribution >= 4 is 11.6 Å². The van der Waals surface area contributed by atoms with Gasteiger partial charge in [-0.2, -0.15) is 0 Å². The Morgan fingerprint density at radius 2 is 2.11 bits per heavy atom. The van der Waals surface area contributed by atoms with Crippen LogP contribution in [0.1, 0.15) is 25.0 Å². The van der Waals surface area contributed by atoms with Crippen molar-refractivity contribution in [1.29, 1.82) is 0 Å². The maximum absolute atomic E-state index is 10.5. The second-order valence-corrected chi connectivity index (χ2v) is 5.06. The van der Waals surface area contributed by atoms with Crippen molar-refractivity contribution in [2.45, 2.75) is 25.6 Å². The fourth-order valence-corrected chi connectivity index (χ4v) is 2.87. The van der Waals surface area contributed by atoms with Crippen molar-refractivity contribution < 1.29 is 19.3 Å². The van der Waals surface area contributed by atoms with Crippen molar-refractivity contribution in [1.82, 2.24) is 0 Å². The highest BCUT2D eigenvalue weighted by molar-refractivity contribution is 6.33. The van der Waals surface area contributed by atoms with Gasteiger partial charge in [0.2, 0.25) is 0 Å². The quantitative estimate of drug-likeness (QED) is 0.925. The summed E-state index contributed by atoms with van der Waals surface area (Å²) >= 11 is 6.21. The van der Waals surface area contributed by atoms with Crippen LogP contribution in [0.15, 0.2) is 12.1 Å². The number of methoxy groups -OCH3 is 2. The normalized spacial score (nSPS) is 24.3. The van der Waals surface area contributed by atoms with E-state index in [0.29, 0.717) is 28.7 Å². The summed E-state index contributed by atoms with van der Waals surface area (Å²) in [6.45, 7) is 2.65. The van der Waals surface area contributed by atoms with Crippen LogP contribution < -0.4 is 9.47 Å². The van der Waals surface area contributed by atoms with Gasteiger partial charge < -0.3 is 19.3 Å². The molecular weight excluding hydrogens is 268 g/mol. The van der Waals surface area contributed by atoms with Crippen molar-refractivity contribution in [3.63, 3.8) is 0 Å². The molecule has 1 N–H and O–H groups in total. The van der Waals surface area contributed by atoms with E-state index in [1.165, 1.54) is 7.11 Å². The summed E-state index contributed by atoms with van der Waals surface area (Å²) in [6.07, 6.45) is 0.200. The van der Waals surface area contributed by atoms with E-state index in [2.05, 4.69) is 0 Å². The van der Waals surface area contributed by atoms with Gasteiger partial charge in [0.15, 0.2) is 0 Å². The van der Waals surface area contributed by atoms with Crippen LogP contribution in [-0.4, -0.2) is 32.0 Å². The highest BCUT2D eigenvalue weighted by Crippen LogP contribution is 2.43. The van der Waals surface area contributed by atoms with E-state index in [0.717, 1.165) is 6.42 Å². The molecule has 3 unspecified atom stereocenters. The van der Waals surface area contributed by atoms with E-state index in [4.69, 9.17) is 25.8 Å². The average Bonchev–Trinajstić information content (AvgIpc) is 2.83. The Hall–Kier alpha value is -0.970. The minimum atomic E-state index is -0.657. The number of aliphatic hydroxyl groups is 1. The maximum atomic E-state index is 10.5. The lowest BCUT2D eigenvalue weighted by atomic mass is 9.90. The first-order valence-electron chi connectivity index (χ1n) is 6.30. The van der Waals surface area contributed by atoms with Crippen molar-refractivity contribution in [2.24, 2.45) is 5.92 Å². The topological polar surface area (TPSA) is 47.9 Å². The molecule has 0 spiro atoms. The maximum Gasteiger partial charge on any atom is 0.147 e. The molecule has 1 aromatic rings. The number of aliphatic hydroxyl groups excluding tert-OH is 1. The minimum Gasteiger partial charge on any atom is -0.495 e. The summed E-state index contributed by atoms with van der Waals surface area (Å²) in [5.41, 5.74) is 0.677. The predicted octanol–water partition coefficient (Wildman–Crippen LogP) is 2.82. The van der Waals surface area contributed by atoms with Crippen LogP contribution in [0, 0.1) is 5.92 Å². The molecule has 0 saturated carbocycles. The first-order valence-corrected chi connectivity index (χ1v) is 6.68. The molecule has 1 aromatic carbocycles. The van der Waals surface area contributed by atoms with E-state index < -0.39 is 6.10 Å². The highest BCUT2D eigenvalue weighted by Gasteiger charge is 2.33. The summed E-state index contributed by atoms with van der Waals surface area (Å²) in [5, 5.41) is 10.9. The zero-order chi connectivity index (χ0) is 14.0. The number of hydrogen-bond donors (Lipinski definition) is 1. The molecule has 4 nitrogen and oxygen atoms in total. The Labute approximate surface area is 118 Å². The van der Waals surface area contributed by atoms with Crippen LogP contribution in [0.25, 0.3) is 0 Å². The van der Waals surface area contributed by atoms with Gasteiger partial charge in [-0.25, -0.2) is 0 Å². The average molecular weight is 287 g/mol. The van der Waals surface area contributed by atoms with Crippen LogP contribution in [0.3, 0.4) is 0 Å². The molecule has 19 heavy (non-hydrogen) atoms. The Morgan fingerprint density at radius 3 is 2.63 bits per heavy atom. The molecule has 1 heterocycles. The van der Waals surface area contributed by atoms with E-state index in [1.54, 1.807) is 19.2 Å². The number of halogens is 1. The van der Waals surface area contributed by atoms with Crippen LogP contribution in [-0.2, 0) is 4.74 Å². The lowest BCUT2D eigenvalue weighted by Gasteiger charge is -2.23. The van der Waals surface area contributed by atoms with Crippen LogP contribution in [0.2, 0.25) is 5.02 Å². The molecule has 1 saturated heterocycles. The third-order valence-electron chi connectivity index (χ3n) is 3.68. The number of hydrogen-bond acceptors (Lipinski definition) is 4. The first-order chi connectivity index (χ1) is 9.10. The Kier molecular flexibility index (Phi) is 4.55. The zero-order valence-electron chi connectivity index (χ0n) is 11.4. The van der Waals surface area contributed by atoms with E-state index in [1.807, 2.05) is 6.92 Å². The monoisotopic (exact) mass is 286 g/mol. The molecule has 0 aromatic heterocycles. The van der Waals surface area contributed by atoms with Gasteiger partial charge in [0, 0.05) is 18.1 Å². The standard InChI is InChI=1S/C14H19ClO4/c1-8-9(6-7-19-8)13(16)10-4-5-11(17-2)12(15)14(10)18-3/h4-5,8-9,13,16H,6-7H2,1-3H3. The van der Waals surface area contributed by atoms with E-state index >= 15 is 0 Å². The van der Waals surface area contributed by atoms with Crippen molar-refractivity contribution in [3.8, 4) is 11.5 Å². The third-order valence-corrected chi connectivity index (χ3v) is 4.03. The lowest BCUT2D eigenvalue weighted by Crippen LogP contribution is -2.20. The van der Waals surface area contributed by atoms with Crippen LogP contribution in [0.5, 0.6) is 11.5 Å². The molecule has 5 heteroatoms. The molecule has 3 atom stereocenters. The Morgan fingerprint density at radius 1 is 1.37 bits per heavy atom. The van der Waals surface area contributed by atoms with E-state index in [9.17, 15) is 5.11 Å². The molecule has 0 bridgehead atoms. The van der Waals surface area contributed by atoms with Gasteiger partial charge in [-0.15, -0.1) is 0 Å². The fourth-order valence-electron chi connectivity index (χ4n) is 2.54. The first kappa shape index (κ1) is 14.4. The number of benzene rings is 1. The van der Waals surface area contributed by atoms with Gasteiger partial charge in [0.25, 0.3) is 0 Å². The largest absolute Gasteiger partial charge is 0.495 e. The second-order valence-electron chi connectivity index (χ2n) is 4.68. The summed E-state index contributed by atoms with van der Waals surface area (Å²) in [6, 6.07) is 3.53. The zero-order valence-corrected chi connectivity index (χ0v) is 12.1. The predicted molar refractivity (Wildman–Crippen MR) is 73.0 cm³/mol. The fraction of sp³-hybridized carbons (Fsp3) is 0.571.